The minimum atomic E-state index is 0. The molecule has 1 N–H and O–H groups in total. The molecule has 0 atom stereocenters. The van der Waals surface area contributed by atoms with Gasteiger partial charge in [-0.25, -0.2) is 0 Å². The highest BCUT2D eigenvalue weighted by atomic mass is 127. The van der Waals surface area contributed by atoms with Crippen molar-refractivity contribution in [1.29, 1.82) is 0 Å². The molecule has 0 aliphatic heterocycles. The number of benzene rings is 1. The van der Waals surface area contributed by atoms with Gasteiger partial charge in [-0.3, -0.25) is 0 Å². The lowest BCUT2D eigenvalue weighted by Crippen LogP contribution is -3.00. The number of hydrogen-bond acceptors (Lipinski definition) is 1. The Labute approximate surface area is 70.3 Å². The van der Waals surface area contributed by atoms with Crippen LogP contribution in [0.2, 0.25) is 0 Å². The van der Waals surface area contributed by atoms with E-state index in [2.05, 4.69) is 0 Å². The van der Waals surface area contributed by atoms with Crippen LogP contribution in [0.5, 0.6) is 0 Å². The molecule has 1 aromatic rings. The lowest BCUT2D eigenvalue weighted by atomic mass is 10.3. The molecule has 0 saturated heterocycles. The Hall–Kier alpha value is -0.450. The summed E-state index contributed by atoms with van der Waals surface area (Å²) in [5.74, 6) is 0. The fraction of sp³-hybridized carbons (Fsp3) is 0. The zero-order valence-corrected chi connectivity index (χ0v) is 6.83. The van der Waals surface area contributed by atoms with Crippen molar-refractivity contribution < 1.29 is 29.2 Å². The van der Waals surface area contributed by atoms with Crippen LogP contribution in [-0.2, 0) is 0 Å². The Morgan fingerprint density at radius 1 is 1.11 bits per heavy atom. The van der Waals surface area contributed by atoms with Gasteiger partial charge in [0.2, 0.25) is 0 Å². The zero-order valence-electron chi connectivity index (χ0n) is 4.67. The highest BCUT2D eigenvalue weighted by Gasteiger charge is 1.88. The predicted octanol–water partition coefficient (Wildman–Crippen LogP) is -2.83. The van der Waals surface area contributed by atoms with E-state index in [4.69, 9.17) is 0 Å². The first-order valence-electron chi connectivity index (χ1n) is 2.36. The zero-order chi connectivity index (χ0) is 5.82. The summed E-state index contributed by atoms with van der Waals surface area (Å²) < 4.78 is 0. The normalized spacial score (nSPS) is 7.56. The van der Waals surface area contributed by atoms with Gasteiger partial charge in [-0.05, 0) is 0 Å². The number of halogens is 1. The quantitative estimate of drug-likeness (QED) is 0.523. The number of rotatable bonds is 1. The Morgan fingerprint density at radius 3 is 2.00 bits per heavy atom. The summed E-state index contributed by atoms with van der Waals surface area (Å²) in [4.78, 5) is 9.88. The van der Waals surface area contributed by atoms with Crippen LogP contribution in [0.15, 0.2) is 30.3 Å². The summed E-state index contributed by atoms with van der Waals surface area (Å²) in [6, 6.07) is 8.90. The van der Waals surface area contributed by atoms with E-state index in [1.54, 1.807) is 29.4 Å². The molecule has 9 heavy (non-hydrogen) atoms. The van der Waals surface area contributed by atoms with Gasteiger partial charge in [0.15, 0.2) is 0 Å². The third-order valence-electron chi connectivity index (χ3n) is 0.892. The van der Waals surface area contributed by atoms with Gasteiger partial charge in [0.05, 0.1) is 0 Å². The summed E-state index contributed by atoms with van der Waals surface area (Å²) in [7, 11) is 0. The first kappa shape index (κ1) is 8.55. The van der Waals surface area contributed by atoms with E-state index in [0.29, 0.717) is 5.69 Å². The highest BCUT2D eigenvalue weighted by Crippen LogP contribution is 1.93. The van der Waals surface area contributed by atoms with E-state index in [1.807, 2.05) is 6.07 Å². The number of nitroso groups, excluding NO2 is 1. The lowest BCUT2D eigenvalue weighted by molar-refractivity contribution is -0.379. The van der Waals surface area contributed by atoms with Crippen LogP contribution in [0.25, 0.3) is 0 Å². The van der Waals surface area contributed by atoms with Crippen molar-refractivity contribution in [1.82, 2.24) is 0 Å². The summed E-state index contributed by atoms with van der Waals surface area (Å²) in [5.41, 5.74) is 0.604. The minimum absolute atomic E-state index is 0. The Balaban J connectivity index is 0.000000640. The third kappa shape index (κ3) is 2.55. The Kier molecular flexibility index (Phi) is 4.21. The van der Waals surface area contributed by atoms with Gasteiger partial charge in [-0.15, -0.1) is 0 Å². The van der Waals surface area contributed by atoms with Gasteiger partial charge in [-0.2, -0.15) is 0 Å². The van der Waals surface area contributed by atoms with Crippen molar-refractivity contribution in [3.8, 4) is 0 Å². The molecule has 0 saturated carbocycles. The Bertz CT molecular complexity index is 176. The average molecular weight is 235 g/mol. The van der Waals surface area contributed by atoms with E-state index in [0.717, 1.165) is 0 Å². The molecule has 1 aromatic carbocycles. The molecule has 0 fully saturated rings. The monoisotopic (exact) mass is 235 g/mol. The van der Waals surface area contributed by atoms with Gasteiger partial charge in [0.1, 0.15) is 0 Å². The van der Waals surface area contributed by atoms with Gasteiger partial charge in [0, 0.05) is 22.2 Å². The van der Waals surface area contributed by atoms with Crippen LogP contribution < -0.4 is 29.2 Å². The van der Waals surface area contributed by atoms with E-state index in [-0.39, 0.29) is 24.0 Å². The van der Waals surface area contributed by atoms with Crippen molar-refractivity contribution in [2.45, 2.75) is 0 Å². The molecule has 0 aromatic heterocycles. The number of hydrogen-bond donors (Lipinski definition) is 1. The maximum absolute atomic E-state index is 9.88. The van der Waals surface area contributed by atoms with Crippen LogP contribution in [0.1, 0.15) is 0 Å². The molecule has 2 nitrogen and oxygen atoms in total. The molecule has 0 heterocycles. The molecule has 3 heteroatoms. The second kappa shape index (κ2) is 4.43. The SMILES string of the molecule is O=[NH+]c1ccccc1.[I-]. The summed E-state index contributed by atoms with van der Waals surface area (Å²) in [6.45, 7) is 0. The molecular formula is C6H6INO. The minimum Gasteiger partial charge on any atom is -1.00 e. The second-order valence-corrected chi connectivity index (χ2v) is 1.47. The van der Waals surface area contributed by atoms with Crippen LogP contribution in [0, 0.1) is 4.91 Å². The lowest BCUT2D eigenvalue weighted by Gasteiger charge is -1.74. The third-order valence-corrected chi connectivity index (χ3v) is 0.892. The molecular weight excluding hydrogens is 229 g/mol. The molecule has 0 spiro atoms. The molecule has 1 rings (SSSR count). The molecule has 0 aliphatic carbocycles. The van der Waals surface area contributed by atoms with Gasteiger partial charge >= 0.3 is 0 Å². The van der Waals surface area contributed by atoms with Crippen molar-refractivity contribution in [2.75, 3.05) is 0 Å². The standard InChI is InChI=1S/C6H5NO.HI/c8-7-6-4-2-1-3-5-6;/h1-5H;1H. The van der Waals surface area contributed by atoms with E-state index in [1.165, 1.54) is 0 Å². The molecule has 0 radical (unpaired) electrons. The smallest absolute Gasteiger partial charge is 0.253 e. The van der Waals surface area contributed by atoms with Crippen molar-refractivity contribution in [3.63, 3.8) is 0 Å². The van der Waals surface area contributed by atoms with Gasteiger partial charge in [0.25, 0.3) is 5.69 Å². The van der Waals surface area contributed by atoms with Gasteiger partial charge in [-0.1, -0.05) is 18.2 Å². The molecule has 0 bridgehead atoms. The average Bonchev–Trinajstić information content (AvgIpc) is 1.90. The second-order valence-electron chi connectivity index (χ2n) is 1.47. The number of para-hydroxylation sites is 1. The topological polar surface area (TPSA) is 31.0 Å². The molecule has 48 valence electrons. The first-order chi connectivity index (χ1) is 3.93. The highest BCUT2D eigenvalue weighted by molar-refractivity contribution is 5.26. The van der Waals surface area contributed by atoms with Crippen molar-refractivity contribution in [3.05, 3.63) is 35.2 Å². The van der Waals surface area contributed by atoms with E-state index in [9.17, 15) is 4.91 Å². The van der Waals surface area contributed by atoms with Crippen molar-refractivity contribution in [2.24, 2.45) is 0 Å². The fourth-order valence-electron chi connectivity index (χ4n) is 0.506. The summed E-state index contributed by atoms with van der Waals surface area (Å²) >= 11 is 0. The van der Waals surface area contributed by atoms with Crippen LogP contribution >= 0.6 is 0 Å². The van der Waals surface area contributed by atoms with Gasteiger partial charge < -0.3 is 24.0 Å². The molecule has 0 aliphatic rings. The largest absolute Gasteiger partial charge is 1.00 e. The van der Waals surface area contributed by atoms with Crippen molar-refractivity contribution >= 4 is 5.69 Å². The molecule has 0 amide bonds. The maximum atomic E-state index is 9.88. The summed E-state index contributed by atoms with van der Waals surface area (Å²) in [6.07, 6.45) is 0. The first-order valence-corrected chi connectivity index (χ1v) is 2.36. The fourth-order valence-corrected chi connectivity index (χ4v) is 0.506. The summed E-state index contributed by atoms with van der Waals surface area (Å²) in [5, 5.41) is 1.78. The maximum Gasteiger partial charge on any atom is 0.253 e. The van der Waals surface area contributed by atoms with Crippen LogP contribution in [-0.4, -0.2) is 0 Å². The Morgan fingerprint density at radius 2 is 1.67 bits per heavy atom. The molecule has 0 unspecified atom stereocenters. The predicted molar refractivity (Wildman–Crippen MR) is 30.4 cm³/mol. The van der Waals surface area contributed by atoms with E-state index < -0.39 is 0 Å². The number of nitrogens with one attached hydrogen (secondary N) is 1. The van der Waals surface area contributed by atoms with Crippen LogP contribution in [0.4, 0.5) is 5.69 Å². The van der Waals surface area contributed by atoms with Crippen LogP contribution in [0.3, 0.4) is 0 Å². The van der Waals surface area contributed by atoms with E-state index >= 15 is 0 Å².